The highest BCUT2D eigenvalue weighted by atomic mass is 32.2. The maximum atomic E-state index is 11.3. The second-order valence-electron chi connectivity index (χ2n) is 4.16. The predicted molar refractivity (Wildman–Crippen MR) is 73.3 cm³/mol. The number of hydrogen-bond acceptors (Lipinski definition) is 5. The number of thiazole rings is 1. The first kappa shape index (κ1) is 13.2. The van der Waals surface area contributed by atoms with E-state index in [9.17, 15) is 8.42 Å². The molecular formula is C12H14N2O2S2. The van der Waals surface area contributed by atoms with Gasteiger partial charge in [0.15, 0.2) is 9.84 Å². The summed E-state index contributed by atoms with van der Waals surface area (Å²) in [5.74, 6) is 0. The van der Waals surface area contributed by atoms with Gasteiger partial charge in [-0.3, -0.25) is 0 Å². The molecule has 96 valence electrons. The predicted octanol–water partition coefficient (Wildman–Crippen LogP) is 2.23. The van der Waals surface area contributed by atoms with Crippen LogP contribution in [0.25, 0.3) is 11.3 Å². The van der Waals surface area contributed by atoms with E-state index < -0.39 is 9.84 Å². The molecule has 1 unspecified atom stereocenters. The zero-order valence-electron chi connectivity index (χ0n) is 10.1. The monoisotopic (exact) mass is 282 g/mol. The topological polar surface area (TPSA) is 73.0 Å². The average molecular weight is 282 g/mol. The van der Waals surface area contributed by atoms with Crippen LogP contribution in [0.2, 0.25) is 0 Å². The number of nitrogens with two attached hydrogens (primary N) is 1. The Hall–Kier alpha value is -1.24. The molecule has 0 spiro atoms. The highest BCUT2D eigenvalue weighted by molar-refractivity contribution is 7.90. The van der Waals surface area contributed by atoms with Crippen LogP contribution in [0.1, 0.15) is 18.0 Å². The van der Waals surface area contributed by atoms with Crippen LogP contribution in [0.5, 0.6) is 0 Å². The summed E-state index contributed by atoms with van der Waals surface area (Å²) < 4.78 is 22.7. The lowest BCUT2D eigenvalue weighted by molar-refractivity contribution is 0.602. The number of hydrogen-bond donors (Lipinski definition) is 1. The molecule has 0 saturated carbocycles. The Balaban J connectivity index is 2.34. The van der Waals surface area contributed by atoms with Crippen LogP contribution in [0.3, 0.4) is 0 Å². The fraction of sp³-hybridized carbons (Fsp3) is 0.250. The summed E-state index contributed by atoms with van der Waals surface area (Å²) in [7, 11) is -3.15. The smallest absolute Gasteiger partial charge is 0.175 e. The van der Waals surface area contributed by atoms with E-state index in [1.165, 1.54) is 17.6 Å². The van der Waals surface area contributed by atoms with Crippen molar-refractivity contribution in [3.05, 3.63) is 34.7 Å². The lowest BCUT2D eigenvalue weighted by Crippen LogP contribution is -2.03. The molecule has 4 nitrogen and oxygen atoms in total. The minimum Gasteiger partial charge on any atom is -0.322 e. The van der Waals surface area contributed by atoms with Gasteiger partial charge in [-0.25, -0.2) is 13.4 Å². The fourth-order valence-electron chi connectivity index (χ4n) is 1.50. The first-order valence-electron chi connectivity index (χ1n) is 5.39. The molecule has 2 rings (SSSR count). The van der Waals surface area contributed by atoms with Gasteiger partial charge in [0, 0.05) is 17.2 Å². The maximum absolute atomic E-state index is 11.3. The summed E-state index contributed by atoms with van der Waals surface area (Å²) in [6.45, 7) is 1.88. The summed E-state index contributed by atoms with van der Waals surface area (Å²) in [5, 5.41) is 2.80. The Morgan fingerprint density at radius 1 is 1.28 bits per heavy atom. The number of rotatable bonds is 3. The van der Waals surface area contributed by atoms with Gasteiger partial charge in [0.1, 0.15) is 5.01 Å². The van der Waals surface area contributed by atoms with Crippen molar-refractivity contribution in [2.24, 2.45) is 5.73 Å². The van der Waals surface area contributed by atoms with Crippen molar-refractivity contribution in [2.45, 2.75) is 17.9 Å². The van der Waals surface area contributed by atoms with E-state index >= 15 is 0 Å². The van der Waals surface area contributed by atoms with Gasteiger partial charge < -0.3 is 5.73 Å². The molecule has 0 bridgehead atoms. The summed E-state index contributed by atoms with van der Waals surface area (Å²) >= 11 is 1.51. The molecule has 18 heavy (non-hydrogen) atoms. The molecule has 0 aliphatic carbocycles. The van der Waals surface area contributed by atoms with Gasteiger partial charge in [-0.1, -0.05) is 12.1 Å². The largest absolute Gasteiger partial charge is 0.322 e. The molecule has 1 aromatic carbocycles. The average Bonchev–Trinajstić information content (AvgIpc) is 2.77. The number of aromatic nitrogens is 1. The second kappa shape index (κ2) is 4.79. The van der Waals surface area contributed by atoms with Crippen molar-refractivity contribution in [2.75, 3.05) is 6.26 Å². The van der Waals surface area contributed by atoms with E-state index in [-0.39, 0.29) is 6.04 Å². The Labute approximate surface area is 110 Å². The zero-order valence-corrected chi connectivity index (χ0v) is 11.8. The van der Waals surface area contributed by atoms with Crippen LogP contribution in [0, 0.1) is 0 Å². The molecule has 1 heterocycles. The highest BCUT2D eigenvalue weighted by Gasteiger charge is 2.10. The molecule has 0 amide bonds. The molecular weight excluding hydrogens is 268 g/mol. The lowest BCUT2D eigenvalue weighted by atomic mass is 10.2. The second-order valence-corrected chi connectivity index (χ2v) is 7.06. The minimum absolute atomic E-state index is 0.0842. The SMILES string of the molecule is CC(N)c1nc(-c2ccc(S(C)(=O)=O)cc2)cs1. The van der Waals surface area contributed by atoms with Crippen molar-refractivity contribution in [3.8, 4) is 11.3 Å². The third-order valence-corrected chi connectivity index (χ3v) is 4.66. The van der Waals surface area contributed by atoms with Crippen molar-refractivity contribution < 1.29 is 8.42 Å². The Morgan fingerprint density at radius 2 is 1.89 bits per heavy atom. The molecule has 0 aliphatic rings. The van der Waals surface area contributed by atoms with Crippen LogP contribution >= 0.6 is 11.3 Å². The zero-order chi connectivity index (χ0) is 13.3. The standard InChI is InChI=1S/C12H14N2O2S2/c1-8(13)12-14-11(7-17-12)9-3-5-10(6-4-9)18(2,15)16/h3-8H,13H2,1-2H3. The molecule has 0 radical (unpaired) electrons. The van der Waals surface area contributed by atoms with Crippen molar-refractivity contribution in [3.63, 3.8) is 0 Å². The van der Waals surface area contributed by atoms with Gasteiger partial charge in [0.05, 0.1) is 16.6 Å². The fourth-order valence-corrected chi connectivity index (χ4v) is 2.92. The summed E-state index contributed by atoms with van der Waals surface area (Å²) in [5.41, 5.74) is 7.48. The van der Waals surface area contributed by atoms with E-state index in [1.807, 2.05) is 12.3 Å². The van der Waals surface area contributed by atoms with Crippen LogP contribution in [0.4, 0.5) is 0 Å². The van der Waals surface area contributed by atoms with Gasteiger partial charge in [-0.05, 0) is 19.1 Å². The van der Waals surface area contributed by atoms with Gasteiger partial charge in [0.2, 0.25) is 0 Å². The lowest BCUT2D eigenvalue weighted by Gasteiger charge is -2.01. The summed E-state index contributed by atoms with van der Waals surface area (Å²) in [6.07, 6.45) is 1.19. The molecule has 2 N–H and O–H groups in total. The van der Waals surface area contributed by atoms with Gasteiger partial charge >= 0.3 is 0 Å². The highest BCUT2D eigenvalue weighted by Crippen LogP contribution is 2.25. The maximum Gasteiger partial charge on any atom is 0.175 e. The van der Waals surface area contributed by atoms with E-state index in [0.717, 1.165) is 16.3 Å². The number of nitrogens with zero attached hydrogens (tertiary/aromatic N) is 1. The molecule has 0 saturated heterocycles. The Kier molecular flexibility index (Phi) is 3.52. The number of benzene rings is 1. The molecule has 0 aliphatic heterocycles. The van der Waals surface area contributed by atoms with Crippen molar-refractivity contribution in [1.29, 1.82) is 0 Å². The summed E-state index contributed by atoms with van der Waals surface area (Å²) in [6, 6.07) is 6.62. The number of sulfone groups is 1. The quantitative estimate of drug-likeness (QED) is 0.937. The molecule has 1 aromatic heterocycles. The normalized spacial score (nSPS) is 13.5. The first-order valence-corrected chi connectivity index (χ1v) is 8.16. The van der Waals surface area contributed by atoms with Crippen molar-refractivity contribution >= 4 is 21.2 Å². The third kappa shape index (κ3) is 2.77. The molecule has 6 heteroatoms. The minimum atomic E-state index is -3.15. The third-order valence-electron chi connectivity index (χ3n) is 2.49. The first-order chi connectivity index (χ1) is 8.38. The Bertz CT molecular complexity index is 643. The van der Waals surface area contributed by atoms with Crippen LogP contribution in [-0.2, 0) is 9.84 Å². The Morgan fingerprint density at radius 3 is 2.33 bits per heavy atom. The van der Waals surface area contributed by atoms with E-state index in [4.69, 9.17) is 5.73 Å². The van der Waals surface area contributed by atoms with Gasteiger partial charge in [-0.2, -0.15) is 0 Å². The van der Waals surface area contributed by atoms with Crippen LogP contribution in [0.15, 0.2) is 34.5 Å². The van der Waals surface area contributed by atoms with Gasteiger partial charge in [0.25, 0.3) is 0 Å². The molecule has 1 atom stereocenters. The van der Waals surface area contributed by atoms with Crippen LogP contribution in [-0.4, -0.2) is 19.7 Å². The van der Waals surface area contributed by atoms with E-state index in [0.29, 0.717) is 4.90 Å². The van der Waals surface area contributed by atoms with Crippen molar-refractivity contribution in [1.82, 2.24) is 4.98 Å². The molecule has 2 aromatic rings. The van der Waals surface area contributed by atoms with Gasteiger partial charge in [-0.15, -0.1) is 11.3 Å². The molecule has 0 fully saturated rings. The van der Waals surface area contributed by atoms with E-state index in [2.05, 4.69) is 4.98 Å². The van der Waals surface area contributed by atoms with E-state index in [1.54, 1.807) is 24.3 Å². The summed E-state index contributed by atoms with van der Waals surface area (Å²) in [4.78, 5) is 4.73. The van der Waals surface area contributed by atoms with Crippen LogP contribution < -0.4 is 5.73 Å².